The summed E-state index contributed by atoms with van der Waals surface area (Å²) in [6.45, 7) is 3.32. The van der Waals surface area contributed by atoms with Gasteiger partial charge in [-0.15, -0.1) is 11.8 Å². The molecule has 138 valence electrons. The lowest BCUT2D eigenvalue weighted by atomic mass is 9.87. The molecular formula is C21H24ClNO2S. The lowest BCUT2D eigenvalue weighted by molar-refractivity contribution is -0.132. The summed E-state index contributed by atoms with van der Waals surface area (Å²) in [4.78, 5) is 15.6. The van der Waals surface area contributed by atoms with Crippen molar-refractivity contribution in [3.63, 3.8) is 0 Å². The number of thioether (sulfide) groups is 1. The Morgan fingerprint density at radius 2 is 1.73 bits per heavy atom. The summed E-state index contributed by atoms with van der Waals surface area (Å²) < 4.78 is 0. The van der Waals surface area contributed by atoms with Gasteiger partial charge in [-0.25, -0.2) is 0 Å². The number of carbonyl (C=O) groups excluding carboxylic acids is 1. The van der Waals surface area contributed by atoms with E-state index in [-0.39, 0.29) is 17.1 Å². The molecule has 26 heavy (non-hydrogen) atoms. The molecule has 0 bridgehead atoms. The molecule has 3 nitrogen and oxygen atoms in total. The molecule has 2 atom stereocenters. The van der Waals surface area contributed by atoms with Gasteiger partial charge < -0.3 is 10.0 Å². The molecular weight excluding hydrogens is 366 g/mol. The second kappa shape index (κ2) is 8.94. The van der Waals surface area contributed by atoms with Crippen molar-refractivity contribution in [1.82, 2.24) is 4.90 Å². The molecule has 5 heteroatoms. The Kier molecular flexibility index (Phi) is 6.63. The minimum atomic E-state index is -0.455. The molecule has 1 N–H and O–H groups in total. The smallest absolute Gasteiger partial charge is 0.235 e. The zero-order valence-electron chi connectivity index (χ0n) is 14.8. The van der Waals surface area contributed by atoms with Gasteiger partial charge in [-0.05, 0) is 43.4 Å². The molecule has 2 unspecified atom stereocenters. The Labute approximate surface area is 164 Å². The summed E-state index contributed by atoms with van der Waals surface area (Å²) in [5, 5.41) is 11.1. The van der Waals surface area contributed by atoms with Gasteiger partial charge in [0, 0.05) is 18.0 Å². The summed E-state index contributed by atoms with van der Waals surface area (Å²) in [5.41, 5.74) is 0.958. The molecule has 0 aliphatic carbocycles. The summed E-state index contributed by atoms with van der Waals surface area (Å²) in [6.07, 6.45) is 1.19. The third kappa shape index (κ3) is 4.61. The van der Waals surface area contributed by atoms with Gasteiger partial charge in [0.1, 0.15) is 0 Å². The van der Waals surface area contributed by atoms with Crippen molar-refractivity contribution in [2.24, 2.45) is 5.92 Å². The predicted octanol–water partition coefficient (Wildman–Crippen LogP) is 4.79. The van der Waals surface area contributed by atoms with E-state index in [0.29, 0.717) is 18.1 Å². The van der Waals surface area contributed by atoms with Gasteiger partial charge in [0.2, 0.25) is 5.91 Å². The van der Waals surface area contributed by atoms with E-state index >= 15 is 0 Å². The highest BCUT2D eigenvalue weighted by atomic mass is 35.5. The first-order valence-corrected chi connectivity index (χ1v) is 10.2. The molecule has 1 saturated heterocycles. The van der Waals surface area contributed by atoms with Crippen LogP contribution in [0.25, 0.3) is 0 Å². The van der Waals surface area contributed by atoms with Gasteiger partial charge in [-0.1, -0.05) is 54.1 Å². The topological polar surface area (TPSA) is 40.5 Å². The molecule has 2 aromatic carbocycles. The molecule has 3 rings (SSSR count). The molecule has 0 spiro atoms. The molecule has 1 heterocycles. The van der Waals surface area contributed by atoms with Crippen LogP contribution in [0.1, 0.15) is 31.4 Å². The van der Waals surface area contributed by atoms with Crippen LogP contribution in [0.5, 0.6) is 0 Å². The third-order valence-corrected chi connectivity index (χ3v) is 6.53. The van der Waals surface area contributed by atoms with E-state index in [0.717, 1.165) is 23.3 Å². The summed E-state index contributed by atoms with van der Waals surface area (Å²) >= 11 is 7.70. The summed E-state index contributed by atoms with van der Waals surface area (Å²) in [7, 11) is 0. The first-order chi connectivity index (χ1) is 12.6. The highest BCUT2D eigenvalue weighted by Crippen LogP contribution is 2.33. The molecule has 1 fully saturated rings. The van der Waals surface area contributed by atoms with Gasteiger partial charge in [0.15, 0.2) is 0 Å². The van der Waals surface area contributed by atoms with Crippen LogP contribution in [0, 0.1) is 5.92 Å². The van der Waals surface area contributed by atoms with Crippen LogP contribution in [-0.4, -0.2) is 34.3 Å². The van der Waals surface area contributed by atoms with Crippen LogP contribution in [0.3, 0.4) is 0 Å². The number of hydrogen-bond donors (Lipinski definition) is 1. The minimum Gasteiger partial charge on any atom is -0.388 e. The Bertz CT molecular complexity index is 732. The number of amides is 1. The van der Waals surface area contributed by atoms with E-state index in [1.807, 2.05) is 66.4 Å². The maximum absolute atomic E-state index is 12.8. The molecule has 1 amide bonds. The lowest BCUT2D eigenvalue weighted by Gasteiger charge is -2.35. The fourth-order valence-electron chi connectivity index (χ4n) is 3.40. The average molecular weight is 390 g/mol. The van der Waals surface area contributed by atoms with E-state index < -0.39 is 6.10 Å². The Balaban J connectivity index is 1.54. The second-order valence-corrected chi connectivity index (χ2v) is 8.50. The number of benzene rings is 2. The van der Waals surface area contributed by atoms with Crippen molar-refractivity contribution in [1.29, 1.82) is 0 Å². The van der Waals surface area contributed by atoms with Crippen molar-refractivity contribution in [3.8, 4) is 0 Å². The fourth-order valence-corrected chi connectivity index (χ4v) is 4.63. The number of likely N-dealkylation sites (tertiary alicyclic amines) is 1. The van der Waals surface area contributed by atoms with Crippen LogP contribution >= 0.6 is 23.4 Å². The van der Waals surface area contributed by atoms with Gasteiger partial charge in [0.25, 0.3) is 0 Å². The van der Waals surface area contributed by atoms with E-state index in [9.17, 15) is 9.90 Å². The fraction of sp³-hybridized carbons (Fsp3) is 0.381. The first-order valence-electron chi connectivity index (χ1n) is 8.99. The monoisotopic (exact) mass is 389 g/mol. The van der Waals surface area contributed by atoms with Crippen molar-refractivity contribution >= 4 is 29.3 Å². The number of aliphatic hydroxyl groups is 1. The van der Waals surface area contributed by atoms with Crippen LogP contribution < -0.4 is 0 Å². The number of piperidine rings is 1. The Hall–Kier alpha value is -1.49. The van der Waals surface area contributed by atoms with Gasteiger partial charge in [0.05, 0.1) is 16.4 Å². The summed E-state index contributed by atoms with van der Waals surface area (Å²) in [6, 6.07) is 17.4. The van der Waals surface area contributed by atoms with E-state index in [1.54, 1.807) is 0 Å². The van der Waals surface area contributed by atoms with E-state index in [1.165, 1.54) is 11.8 Å². The number of halogens is 1. The number of hydrogen-bond acceptors (Lipinski definition) is 3. The first kappa shape index (κ1) is 19.3. The largest absolute Gasteiger partial charge is 0.388 e. The predicted molar refractivity (Wildman–Crippen MR) is 107 cm³/mol. The number of carbonyl (C=O) groups is 1. The molecule has 0 aromatic heterocycles. The second-order valence-electron chi connectivity index (χ2n) is 6.71. The Morgan fingerprint density at radius 1 is 1.12 bits per heavy atom. The number of aliphatic hydroxyl groups excluding tert-OH is 1. The van der Waals surface area contributed by atoms with E-state index in [4.69, 9.17) is 11.6 Å². The molecule has 1 aliphatic heterocycles. The quantitative estimate of drug-likeness (QED) is 0.747. The van der Waals surface area contributed by atoms with Crippen molar-refractivity contribution in [2.45, 2.75) is 36.0 Å². The van der Waals surface area contributed by atoms with Crippen LogP contribution in [0.15, 0.2) is 59.5 Å². The maximum Gasteiger partial charge on any atom is 0.235 e. The van der Waals surface area contributed by atoms with E-state index in [2.05, 4.69) is 0 Å². The van der Waals surface area contributed by atoms with Crippen LogP contribution in [0.2, 0.25) is 5.02 Å². The van der Waals surface area contributed by atoms with Crippen LogP contribution in [0.4, 0.5) is 0 Å². The third-order valence-electron chi connectivity index (χ3n) is 4.93. The van der Waals surface area contributed by atoms with Crippen molar-refractivity contribution in [2.75, 3.05) is 13.1 Å². The van der Waals surface area contributed by atoms with Crippen molar-refractivity contribution < 1.29 is 9.90 Å². The standard InChI is InChI=1S/C21H24ClNO2S/c1-15(26-19-10-6-5-9-18(19)22)21(25)23-13-11-17(12-14-23)20(24)16-7-3-2-4-8-16/h2-10,15,17,20,24H,11-14H2,1H3. The zero-order chi connectivity index (χ0) is 18.5. The zero-order valence-corrected chi connectivity index (χ0v) is 16.4. The molecule has 2 aromatic rings. The van der Waals surface area contributed by atoms with Gasteiger partial charge >= 0.3 is 0 Å². The average Bonchev–Trinajstić information content (AvgIpc) is 2.69. The molecule has 1 aliphatic rings. The lowest BCUT2D eigenvalue weighted by Crippen LogP contribution is -2.43. The number of nitrogens with zero attached hydrogens (tertiary/aromatic N) is 1. The van der Waals surface area contributed by atoms with Gasteiger partial charge in [-0.3, -0.25) is 4.79 Å². The number of rotatable bonds is 5. The van der Waals surface area contributed by atoms with Gasteiger partial charge in [-0.2, -0.15) is 0 Å². The highest BCUT2D eigenvalue weighted by molar-refractivity contribution is 8.00. The summed E-state index contributed by atoms with van der Waals surface area (Å²) in [5.74, 6) is 0.343. The normalized spacial score (nSPS) is 17.7. The molecule has 0 saturated carbocycles. The Morgan fingerprint density at radius 3 is 2.38 bits per heavy atom. The highest BCUT2D eigenvalue weighted by Gasteiger charge is 2.30. The van der Waals surface area contributed by atoms with Crippen molar-refractivity contribution in [3.05, 3.63) is 65.2 Å². The molecule has 0 radical (unpaired) electrons. The SMILES string of the molecule is CC(Sc1ccccc1Cl)C(=O)N1CCC(C(O)c2ccccc2)CC1. The minimum absolute atomic E-state index is 0.141. The maximum atomic E-state index is 12.8. The van der Waals surface area contributed by atoms with Crippen LogP contribution in [-0.2, 0) is 4.79 Å².